The summed E-state index contributed by atoms with van der Waals surface area (Å²) in [6.45, 7) is 2.17. The number of halogens is 3. The van der Waals surface area contributed by atoms with Crippen molar-refractivity contribution in [1.29, 1.82) is 0 Å². The Morgan fingerprint density at radius 1 is 0.682 bits per heavy atom. The quantitative estimate of drug-likeness (QED) is 0.160. The number of aryl methyl sites for hydroxylation is 1. The van der Waals surface area contributed by atoms with Gasteiger partial charge in [-0.3, -0.25) is 0 Å². The van der Waals surface area contributed by atoms with E-state index in [1.165, 1.54) is 62.5 Å². The SMILES string of the molecule is Cl.Cl.[CH2]=[Zr]([C]1=CC=CC1)([c]1ccc(C)cc1)([c]1ccc(Cl)cc1)[c]1cccc2c1c1c(c3ccccc32)-c2ccccc2C1. The van der Waals surface area contributed by atoms with Crippen molar-refractivity contribution in [3.8, 4) is 11.1 Å². The molecule has 0 saturated heterocycles. The predicted molar refractivity (Wildman–Crippen MR) is 195 cm³/mol. The van der Waals surface area contributed by atoms with Crippen LogP contribution in [-0.4, -0.2) is 4.21 Å². The zero-order chi connectivity index (χ0) is 28.5. The molecule has 0 unspecified atom stereocenters. The molecule has 0 amide bonds. The summed E-state index contributed by atoms with van der Waals surface area (Å²) in [6, 6.07) is 42.9. The third-order valence-corrected chi connectivity index (χ3v) is 26.6. The molecule has 0 saturated carbocycles. The van der Waals surface area contributed by atoms with Gasteiger partial charge in [-0.1, -0.05) is 0 Å². The van der Waals surface area contributed by atoms with Crippen molar-refractivity contribution in [1.82, 2.24) is 0 Å². The number of benzene rings is 6. The number of hydrogen-bond donors (Lipinski definition) is 0. The van der Waals surface area contributed by atoms with Gasteiger partial charge in [-0.2, -0.15) is 0 Å². The maximum absolute atomic E-state index is 6.54. The molecule has 2 aliphatic rings. The molecule has 0 nitrogen and oxygen atoms in total. The first kappa shape index (κ1) is 30.9. The molecule has 0 radical (unpaired) electrons. The van der Waals surface area contributed by atoms with Crippen LogP contribution in [0.4, 0.5) is 0 Å². The first-order valence-electron chi connectivity index (χ1n) is 14.8. The van der Waals surface area contributed by atoms with E-state index in [-0.39, 0.29) is 24.8 Å². The van der Waals surface area contributed by atoms with Crippen LogP contribution >= 0.6 is 36.4 Å². The van der Waals surface area contributed by atoms with Crippen LogP contribution in [0.25, 0.3) is 32.7 Å². The first-order valence-corrected chi connectivity index (χ1v) is 21.8. The van der Waals surface area contributed by atoms with Gasteiger partial charge >= 0.3 is 255 Å². The standard InChI is InChI=1S/C21H13.C7H7.C6H4Cl.C5H5.CH2.2ClH.Zr/c1-2-8-15-14(7-1)13-20-18-11-4-3-9-16(18)17-10-5-6-12-19(17)21(15)20;1-7-5-3-2-4-6-7;7-6-4-2-1-3-5-6;1-2-4-5-3-1;;;;/h1-10,12H,13H2;3-6H,1H3;2-5H;1-3H,4H2;1H2;2*1H;. The second kappa shape index (κ2) is 11.4. The molecule has 218 valence electrons. The van der Waals surface area contributed by atoms with E-state index in [2.05, 4.69) is 140 Å². The summed E-state index contributed by atoms with van der Waals surface area (Å²) >= 11 is 1.72. The van der Waals surface area contributed by atoms with Crippen LogP contribution in [-0.2, 0) is 24.7 Å². The number of rotatable bonds is 4. The van der Waals surface area contributed by atoms with Gasteiger partial charge in [-0.25, -0.2) is 0 Å². The third kappa shape index (κ3) is 4.17. The van der Waals surface area contributed by atoms with E-state index in [1.54, 1.807) is 0 Å². The van der Waals surface area contributed by atoms with Crippen molar-refractivity contribution in [3.63, 3.8) is 0 Å². The van der Waals surface area contributed by atoms with Gasteiger partial charge in [0.1, 0.15) is 0 Å². The molecule has 2 aliphatic carbocycles. The van der Waals surface area contributed by atoms with E-state index in [1.807, 2.05) is 0 Å². The Morgan fingerprint density at radius 3 is 2.02 bits per heavy atom. The second-order valence-electron chi connectivity index (χ2n) is 12.1. The number of hydrogen-bond acceptors (Lipinski definition) is 0. The third-order valence-electron chi connectivity index (χ3n) is 10.1. The van der Waals surface area contributed by atoms with Gasteiger partial charge in [0.25, 0.3) is 0 Å². The van der Waals surface area contributed by atoms with Crippen molar-refractivity contribution in [2.75, 3.05) is 0 Å². The summed E-state index contributed by atoms with van der Waals surface area (Å²) < 4.78 is 11.2. The Labute approximate surface area is 277 Å². The predicted octanol–water partition coefficient (Wildman–Crippen LogP) is 9.61. The van der Waals surface area contributed by atoms with Crippen LogP contribution < -0.4 is 9.81 Å². The molecular weight excluding hydrogens is 678 g/mol. The molecule has 44 heavy (non-hydrogen) atoms. The Balaban J connectivity index is 0.00000171. The monoisotopic (exact) mass is 708 g/mol. The molecule has 0 fully saturated rings. The van der Waals surface area contributed by atoms with E-state index in [0.29, 0.717) is 0 Å². The maximum atomic E-state index is 6.54. The van der Waals surface area contributed by atoms with E-state index in [0.717, 1.165) is 17.9 Å². The number of allylic oxidation sites excluding steroid dienone is 4. The average molecular weight is 711 g/mol. The molecule has 4 heteroatoms. The zero-order valence-corrected chi connectivity index (χ0v) is 29.4. The summed E-state index contributed by atoms with van der Waals surface area (Å²) in [5, 5.41) is 6.12. The second-order valence-corrected chi connectivity index (χ2v) is 25.5. The summed E-state index contributed by atoms with van der Waals surface area (Å²) in [6.07, 6.45) is 8.76. The van der Waals surface area contributed by atoms with Crippen molar-refractivity contribution in [2.45, 2.75) is 19.8 Å². The van der Waals surface area contributed by atoms with Crippen LogP contribution in [0, 0.1) is 6.92 Å². The average Bonchev–Trinajstić information content (AvgIpc) is 3.71. The molecule has 0 heterocycles. The van der Waals surface area contributed by atoms with Gasteiger partial charge < -0.3 is 0 Å². The Hall–Kier alpha value is -3.06. The molecule has 0 aliphatic heterocycles. The minimum absolute atomic E-state index is 0. The molecule has 0 N–H and O–H groups in total. The van der Waals surface area contributed by atoms with Gasteiger partial charge in [0.05, 0.1) is 0 Å². The van der Waals surface area contributed by atoms with Crippen molar-refractivity contribution < 1.29 is 18.3 Å². The van der Waals surface area contributed by atoms with Crippen LogP contribution in [0.15, 0.2) is 137 Å². The molecule has 6 aromatic rings. The van der Waals surface area contributed by atoms with Crippen LogP contribution in [0.2, 0.25) is 5.02 Å². The van der Waals surface area contributed by atoms with E-state index >= 15 is 0 Å². The Kier molecular flexibility index (Phi) is 8.01. The fourth-order valence-electron chi connectivity index (χ4n) is 8.00. The summed E-state index contributed by atoms with van der Waals surface area (Å²) in [5.74, 6) is 0. The molecule has 0 spiro atoms. The van der Waals surface area contributed by atoms with Gasteiger partial charge in [0.15, 0.2) is 0 Å². The molecule has 6 aromatic carbocycles. The molecule has 0 aromatic heterocycles. The van der Waals surface area contributed by atoms with E-state index in [9.17, 15) is 0 Å². The summed E-state index contributed by atoms with van der Waals surface area (Å²) in [4.78, 5) is 0. The van der Waals surface area contributed by atoms with Gasteiger partial charge in [0, 0.05) is 0 Å². The Bertz CT molecular complexity index is 2150. The molecule has 0 bridgehead atoms. The van der Waals surface area contributed by atoms with Crippen LogP contribution in [0.3, 0.4) is 0 Å². The fraction of sp³-hybridized carbons (Fsp3) is 0.0750. The first-order chi connectivity index (χ1) is 20.5. The normalized spacial score (nSPS) is 13.7. The van der Waals surface area contributed by atoms with E-state index in [4.69, 9.17) is 15.8 Å². The van der Waals surface area contributed by atoms with Crippen LogP contribution in [0.1, 0.15) is 23.1 Å². The Morgan fingerprint density at radius 2 is 1.32 bits per heavy atom. The van der Waals surface area contributed by atoms with Crippen LogP contribution in [0.5, 0.6) is 0 Å². The minimum atomic E-state index is -4.82. The zero-order valence-electron chi connectivity index (χ0n) is 24.5. The van der Waals surface area contributed by atoms with Crippen molar-refractivity contribution in [2.24, 2.45) is 0 Å². The van der Waals surface area contributed by atoms with Crippen molar-refractivity contribution >= 4 is 72.0 Å². The summed E-state index contributed by atoms with van der Waals surface area (Å²) in [5.41, 5.74) is 6.86. The molecular formula is C40H33Cl3Zr. The topological polar surface area (TPSA) is 0 Å². The van der Waals surface area contributed by atoms with Crippen molar-refractivity contribution in [3.05, 3.63) is 158 Å². The molecule has 0 atom stereocenters. The fourth-order valence-corrected chi connectivity index (χ4v) is 23.3. The van der Waals surface area contributed by atoms with Gasteiger partial charge in [0.2, 0.25) is 0 Å². The van der Waals surface area contributed by atoms with Gasteiger partial charge in [-0.05, 0) is 0 Å². The molecule has 8 rings (SSSR count). The summed E-state index contributed by atoms with van der Waals surface area (Å²) in [7, 11) is 0. The number of fused-ring (bicyclic) bond motifs is 8. The van der Waals surface area contributed by atoms with E-state index < -0.39 is 18.3 Å². The van der Waals surface area contributed by atoms with Gasteiger partial charge in [-0.15, -0.1) is 24.8 Å².